The molecule has 7 nitrogen and oxygen atoms in total. The molecule has 1 aromatic heterocycles. The van der Waals surface area contributed by atoms with E-state index in [1.54, 1.807) is 6.20 Å². The molecule has 1 aromatic carbocycles. The summed E-state index contributed by atoms with van der Waals surface area (Å²) in [5.41, 5.74) is 6.88. The van der Waals surface area contributed by atoms with Crippen LogP contribution in [-0.4, -0.2) is 29.1 Å². The number of nitrogens with two attached hydrogens (primary N) is 1. The standard InChI is InChI=1S/C13H14N4O3.Cu/c14-10(13(19)20)5-12(18)17-16-7-8-6-15-11-4-2-1-3-9(8)11;/h1-4,6-7,10,15H,5,14H2,(H,17,18)(H,19,20);/q;+2/p-2/b16-7+;. The van der Waals surface area contributed by atoms with E-state index < -0.39 is 24.3 Å². The third-order valence-electron chi connectivity index (χ3n) is 2.68. The van der Waals surface area contributed by atoms with Gasteiger partial charge in [-0.2, -0.15) is 10.2 Å². The van der Waals surface area contributed by atoms with Crippen LogP contribution in [0.15, 0.2) is 40.7 Å². The Labute approximate surface area is 131 Å². The van der Waals surface area contributed by atoms with Crippen LogP contribution in [0.5, 0.6) is 0 Å². The van der Waals surface area contributed by atoms with Crippen molar-refractivity contribution in [3.8, 4) is 0 Å². The monoisotopic (exact) mass is 335 g/mol. The van der Waals surface area contributed by atoms with Crippen molar-refractivity contribution in [2.24, 2.45) is 15.9 Å². The Bertz CT molecular complexity index is 681. The van der Waals surface area contributed by atoms with Gasteiger partial charge in [0.1, 0.15) is 0 Å². The first-order chi connectivity index (χ1) is 9.58. The molecule has 2 aromatic rings. The molecule has 0 saturated heterocycles. The van der Waals surface area contributed by atoms with Crippen LogP contribution in [0.3, 0.4) is 0 Å². The van der Waals surface area contributed by atoms with Crippen LogP contribution in [0.1, 0.15) is 12.0 Å². The van der Waals surface area contributed by atoms with E-state index >= 15 is 0 Å². The second-order valence-corrected chi connectivity index (χ2v) is 4.16. The number of para-hydroxylation sites is 1. The molecule has 8 heteroatoms. The average Bonchev–Trinajstić information content (AvgIpc) is 2.82. The van der Waals surface area contributed by atoms with Gasteiger partial charge in [-0.15, -0.1) is 0 Å². The van der Waals surface area contributed by atoms with Crippen LogP contribution in [0, 0.1) is 0 Å². The van der Waals surface area contributed by atoms with Gasteiger partial charge < -0.3 is 25.7 Å². The number of nitrogens with one attached hydrogen (secondary N) is 1. The van der Waals surface area contributed by atoms with Crippen molar-refractivity contribution in [1.82, 2.24) is 4.98 Å². The zero-order valence-corrected chi connectivity index (χ0v) is 11.7. The van der Waals surface area contributed by atoms with Crippen molar-refractivity contribution in [3.05, 3.63) is 36.0 Å². The topological polar surface area (TPSA) is 130 Å². The van der Waals surface area contributed by atoms with Gasteiger partial charge in [0.15, 0.2) is 0 Å². The predicted octanol–water partition coefficient (Wildman–Crippen LogP) is -1.27. The third kappa shape index (κ3) is 4.42. The van der Waals surface area contributed by atoms with Crippen molar-refractivity contribution in [2.75, 3.05) is 0 Å². The molecule has 1 unspecified atom stereocenters. The number of nitrogens with zero attached hydrogens (tertiary/aromatic N) is 2. The third-order valence-corrected chi connectivity index (χ3v) is 2.68. The number of carbonyl (C=O) groups is 1. The smallest absolute Gasteiger partial charge is 0.860 e. The van der Waals surface area contributed by atoms with Crippen molar-refractivity contribution >= 4 is 29.0 Å². The van der Waals surface area contributed by atoms with E-state index in [4.69, 9.17) is 5.73 Å². The SMILES string of the molecule is NC(C/C([O-])=N/N=C/c1c[nH]c2ccccc12)C(=O)[O-].[Cu+2]. The van der Waals surface area contributed by atoms with E-state index in [-0.39, 0.29) is 17.1 Å². The fourth-order valence-corrected chi connectivity index (χ4v) is 1.67. The first kappa shape index (κ1) is 16.9. The number of rotatable bonds is 5. The fraction of sp³-hybridized carbons (Fsp3) is 0.154. The number of hydrogen-bond acceptors (Lipinski definition) is 6. The average molecular weight is 336 g/mol. The summed E-state index contributed by atoms with van der Waals surface area (Å²) in [6.45, 7) is 0. The van der Waals surface area contributed by atoms with Crippen molar-refractivity contribution in [3.63, 3.8) is 0 Å². The Hall–Kier alpha value is -2.15. The minimum Gasteiger partial charge on any atom is -0.860 e. The summed E-state index contributed by atoms with van der Waals surface area (Å²) in [5.74, 6) is -2.20. The molecule has 0 spiro atoms. The largest absolute Gasteiger partial charge is 2.00 e. The normalized spacial score (nSPS) is 13.3. The fourth-order valence-electron chi connectivity index (χ4n) is 1.67. The molecule has 113 valence electrons. The Morgan fingerprint density at radius 1 is 1.38 bits per heavy atom. The van der Waals surface area contributed by atoms with Crippen molar-refractivity contribution in [1.29, 1.82) is 0 Å². The molecule has 0 bridgehead atoms. The van der Waals surface area contributed by atoms with Crippen LogP contribution < -0.4 is 15.9 Å². The van der Waals surface area contributed by atoms with Crippen LogP contribution >= 0.6 is 0 Å². The van der Waals surface area contributed by atoms with E-state index in [0.717, 1.165) is 16.5 Å². The Balaban J connectivity index is 0.00000220. The van der Waals surface area contributed by atoms with Crippen LogP contribution in [0.25, 0.3) is 10.9 Å². The molecular formula is C13H12CuN4O3. The van der Waals surface area contributed by atoms with E-state index in [9.17, 15) is 15.0 Å². The number of benzene rings is 1. The summed E-state index contributed by atoms with van der Waals surface area (Å²) >= 11 is 0. The van der Waals surface area contributed by atoms with E-state index in [1.165, 1.54) is 6.21 Å². The van der Waals surface area contributed by atoms with Gasteiger partial charge in [0.05, 0.1) is 12.2 Å². The summed E-state index contributed by atoms with van der Waals surface area (Å²) < 4.78 is 0. The first-order valence-electron chi connectivity index (χ1n) is 5.87. The molecule has 0 fully saturated rings. The maximum Gasteiger partial charge on any atom is 2.00 e. The van der Waals surface area contributed by atoms with Gasteiger partial charge in [0.25, 0.3) is 0 Å². The summed E-state index contributed by atoms with van der Waals surface area (Å²) in [4.78, 5) is 13.4. The quantitative estimate of drug-likeness (QED) is 0.305. The second kappa shape index (κ2) is 7.58. The number of aromatic nitrogens is 1. The minimum atomic E-state index is -1.49. The van der Waals surface area contributed by atoms with Crippen molar-refractivity contribution < 1.29 is 32.1 Å². The second-order valence-electron chi connectivity index (χ2n) is 4.16. The minimum absolute atomic E-state index is 0. The molecule has 1 radical (unpaired) electrons. The molecule has 0 saturated carbocycles. The Morgan fingerprint density at radius 2 is 2.10 bits per heavy atom. The zero-order valence-electron chi connectivity index (χ0n) is 10.7. The van der Waals surface area contributed by atoms with Gasteiger partial charge in [-0.05, 0) is 18.4 Å². The molecule has 21 heavy (non-hydrogen) atoms. The number of carboxylic acids is 1. The molecular weight excluding hydrogens is 324 g/mol. The van der Waals surface area contributed by atoms with Crippen LogP contribution in [0.2, 0.25) is 0 Å². The maximum atomic E-state index is 11.3. The molecule has 0 aliphatic rings. The number of carboxylic acid groups (broad SMARTS) is 1. The number of fused-ring (bicyclic) bond motifs is 1. The van der Waals surface area contributed by atoms with Gasteiger partial charge in [-0.3, -0.25) is 0 Å². The summed E-state index contributed by atoms with van der Waals surface area (Å²) in [7, 11) is 0. The van der Waals surface area contributed by atoms with Crippen molar-refractivity contribution in [2.45, 2.75) is 12.5 Å². The molecule has 3 N–H and O–H groups in total. The molecule has 2 rings (SSSR count). The van der Waals surface area contributed by atoms with Crippen LogP contribution in [0.4, 0.5) is 0 Å². The molecule has 1 heterocycles. The number of hydrogen-bond donors (Lipinski definition) is 2. The van der Waals surface area contributed by atoms with Gasteiger partial charge in [-0.1, -0.05) is 18.2 Å². The Morgan fingerprint density at radius 3 is 2.81 bits per heavy atom. The van der Waals surface area contributed by atoms with E-state index in [2.05, 4.69) is 15.2 Å². The number of carbonyl (C=O) groups excluding carboxylic acids is 1. The van der Waals surface area contributed by atoms with Gasteiger partial charge >= 0.3 is 17.1 Å². The number of aliphatic carboxylic acids is 1. The first-order valence-corrected chi connectivity index (χ1v) is 5.87. The van der Waals surface area contributed by atoms with Gasteiger partial charge in [0, 0.05) is 28.7 Å². The molecule has 0 amide bonds. The van der Waals surface area contributed by atoms with Gasteiger partial charge in [-0.25, -0.2) is 0 Å². The van der Waals surface area contributed by atoms with E-state index in [1.807, 2.05) is 24.3 Å². The Kier molecular flexibility index (Phi) is 6.10. The molecule has 0 aliphatic heterocycles. The number of aromatic amines is 1. The van der Waals surface area contributed by atoms with Crippen LogP contribution in [-0.2, 0) is 21.9 Å². The predicted molar refractivity (Wildman–Crippen MR) is 70.9 cm³/mol. The number of H-pyrrole nitrogens is 1. The summed E-state index contributed by atoms with van der Waals surface area (Å²) in [6, 6.07) is 6.23. The molecule has 0 aliphatic carbocycles. The maximum absolute atomic E-state index is 11.3. The molecule has 1 atom stereocenters. The summed E-state index contributed by atoms with van der Waals surface area (Å²) in [5, 5.41) is 29.6. The zero-order chi connectivity index (χ0) is 14.5. The summed E-state index contributed by atoms with van der Waals surface area (Å²) in [6.07, 6.45) is 2.72. The van der Waals surface area contributed by atoms with E-state index in [0.29, 0.717) is 0 Å². The van der Waals surface area contributed by atoms with Gasteiger partial charge in [0.2, 0.25) is 0 Å².